The highest BCUT2D eigenvalue weighted by Crippen LogP contribution is 2.23. The zero-order valence-corrected chi connectivity index (χ0v) is 17.7. The minimum Gasteiger partial charge on any atom is -0.308 e. The summed E-state index contributed by atoms with van der Waals surface area (Å²) >= 11 is 7.97. The van der Waals surface area contributed by atoms with Crippen molar-refractivity contribution in [3.8, 4) is 6.07 Å². The second kappa shape index (κ2) is 7.53. The molecule has 2 aromatic heterocycles. The molecule has 28 heavy (non-hydrogen) atoms. The lowest BCUT2D eigenvalue weighted by atomic mass is 10.0. The van der Waals surface area contributed by atoms with Crippen LogP contribution in [0.1, 0.15) is 22.2 Å². The van der Waals surface area contributed by atoms with Crippen molar-refractivity contribution in [3.63, 3.8) is 0 Å². The highest BCUT2D eigenvalue weighted by atomic mass is 127. The number of H-pyrrole nitrogens is 1. The number of nitriles is 1. The lowest BCUT2D eigenvalue weighted by Crippen LogP contribution is -2.21. The van der Waals surface area contributed by atoms with Crippen LogP contribution in [0.25, 0.3) is 10.9 Å². The number of fused-ring (bicyclic) bond motifs is 1. The van der Waals surface area contributed by atoms with E-state index in [1.54, 1.807) is 24.3 Å². The van der Waals surface area contributed by atoms with E-state index in [2.05, 4.69) is 19.9 Å². The van der Waals surface area contributed by atoms with Gasteiger partial charge >= 0.3 is 0 Å². The molecule has 1 atom stereocenters. The van der Waals surface area contributed by atoms with Crippen LogP contribution in [-0.4, -0.2) is 40.4 Å². The minimum absolute atomic E-state index is 0.193. The Balaban J connectivity index is 2.14. The largest absolute Gasteiger partial charge is 0.308 e. The van der Waals surface area contributed by atoms with Gasteiger partial charge in [-0.15, -0.1) is 0 Å². The van der Waals surface area contributed by atoms with Crippen LogP contribution in [0.3, 0.4) is 0 Å². The zero-order chi connectivity index (χ0) is 20.6. The van der Waals surface area contributed by atoms with Crippen LogP contribution in [0.5, 0.6) is 0 Å². The Morgan fingerprint density at radius 2 is 2.07 bits per heavy atom. The summed E-state index contributed by atoms with van der Waals surface area (Å²) in [4.78, 5) is 39.0. The van der Waals surface area contributed by atoms with Crippen molar-refractivity contribution in [2.45, 2.75) is 11.1 Å². The molecule has 0 aliphatic carbocycles. The quantitative estimate of drug-likeness (QED) is 0.306. The molecule has 2 heterocycles. The third-order valence-corrected chi connectivity index (χ3v) is 5.45. The molecule has 0 saturated heterocycles. The molecular formula is C16H9ClIN5O4S. The number of carbonyl (C=O) groups is 1. The molecule has 12 heteroatoms. The van der Waals surface area contributed by atoms with Crippen LogP contribution in [-0.2, 0) is 9.84 Å². The first-order valence-electron chi connectivity index (χ1n) is 7.47. The number of rotatable bonds is 4. The molecule has 1 N–H and O–H groups in total. The number of halogens is 2. The number of sulfone groups is 1. The van der Waals surface area contributed by atoms with Crippen LogP contribution < -0.4 is 5.56 Å². The molecule has 1 aromatic carbocycles. The number of carbonyl (C=O) groups excluding carboxylic acids is 1. The average Bonchev–Trinajstić information content (AvgIpc) is 2.62. The molecule has 0 fully saturated rings. The summed E-state index contributed by atoms with van der Waals surface area (Å²) in [6, 6.07) is 6.69. The summed E-state index contributed by atoms with van der Waals surface area (Å²) < 4.78 is 24.1. The van der Waals surface area contributed by atoms with E-state index in [0.29, 0.717) is 10.9 Å². The van der Waals surface area contributed by atoms with Crippen molar-refractivity contribution in [2.24, 2.45) is 0 Å². The smallest absolute Gasteiger partial charge is 0.258 e. The van der Waals surface area contributed by atoms with Gasteiger partial charge in [-0.25, -0.2) is 23.4 Å². The standard InChI is InChI=1S/C16H9ClIN5O4S/c1-28(26,27)16-20-6-10(17)12(22-16)13(24)9(5-19)14-21-11-3-2-7(18)4-8(11)15(25)23-14/h2-4,6,9H,1H3,(H,21,23,25)/t9-/m0/s1. The Hall–Kier alpha value is -2.43. The first kappa shape index (κ1) is 20.3. The predicted octanol–water partition coefficient (Wildman–Crippen LogP) is 1.86. The van der Waals surface area contributed by atoms with Gasteiger partial charge in [0.15, 0.2) is 5.92 Å². The summed E-state index contributed by atoms with van der Waals surface area (Å²) in [5.41, 5.74) is -0.663. The Morgan fingerprint density at radius 3 is 2.71 bits per heavy atom. The van der Waals surface area contributed by atoms with Gasteiger partial charge in [-0.05, 0) is 40.8 Å². The second-order valence-corrected chi connectivity index (χ2v) is 9.22. The van der Waals surface area contributed by atoms with Crippen molar-refractivity contribution in [1.82, 2.24) is 19.9 Å². The third-order valence-electron chi connectivity index (χ3n) is 3.64. The Morgan fingerprint density at radius 1 is 1.36 bits per heavy atom. The highest BCUT2D eigenvalue weighted by molar-refractivity contribution is 14.1. The number of hydrogen-bond acceptors (Lipinski definition) is 8. The molecule has 142 valence electrons. The third kappa shape index (κ3) is 3.89. The Kier molecular flexibility index (Phi) is 5.46. The van der Waals surface area contributed by atoms with Crippen molar-refractivity contribution in [1.29, 1.82) is 5.26 Å². The number of aromatic amines is 1. The second-order valence-electron chi connectivity index (χ2n) is 5.66. The van der Waals surface area contributed by atoms with Gasteiger partial charge in [-0.2, -0.15) is 5.26 Å². The number of hydrogen-bond donors (Lipinski definition) is 1. The number of nitrogens with one attached hydrogen (secondary N) is 1. The molecule has 0 aliphatic rings. The maximum Gasteiger partial charge on any atom is 0.258 e. The predicted molar refractivity (Wildman–Crippen MR) is 108 cm³/mol. The van der Waals surface area contributed by atoms with Gasteiger partial charge in [0.25, 0.3) is 5.56 Å². The average molecular weight is 530 g/mol. The van der Waals surface area contributed by atoms with E-state index in [1.165, 1.54) is 0 Å². The van der Waals surface area contributed by atoms with E-state index in [1.807, 2.05) is 22.6 Å². The summed E-state index contributed by atoms with van der Waals surface area (Å²) in [7, 11) is -3.80. The lowest BCUT2D eigenvalue weighted by Gasteiger charge is -2.10. The van der Waals surface area contributed by atoms with E-state index < -0.39 is 37.9 Å². The number of aromatic nitrogens is 4. The molecule has 0 spiro atoms. The van der Waals surface area contributed by atoms with Crippen LogP contribution in [0.4, 0.5) is 0 Å². The van der Waals surface area contributed by atoms with Crippen molar-refractivity contribution in [2.75, 3.05) is 6.26 Å². The molecular weight excluding hydrogens is 521 g/mol. The maximum absolute atomic E-state index is 12.8. The molecule has 0 radical (unpaired) electrons. The Bertz CT molecular complexity index is 1330. The fraction of sp³-hybridized carbons (Fsp3) is 0.125. The summed E-state index contributed by atoms with van der Waals surface area (Å²) in [5.74, 6) is -2.65. The normalized spacial score (nSPS) is 12.5. The first-order valence-corrected chi connectivity index (χ1v) is 10.8. The van der Waals surface area contributed by atoms with Crippen LogP contribution in [0, 0.1) is 14.9 Å². The molecule has 0 amide bonds. The zero-order valence-electron chi connectivity index (χ0n) is 14.0. The monoisotopic (exact) mass is 529 g/mol. The molecule has 0 unspecified atom stereocenters. The van der Waals surface area contributed by atoms with Crippen molar-refractivity contribution < 1.29 is 13.2 Å². The summed E-state index contributed by atoms with van der Waals surface area (Å²) in [6.07, 6.45) is 1.83. The summed E-state index contributed by atoms with van der Waals surface area (Å²) in [6.45, 7) is 0. The van der Waals surface area contributed by atoms with E-state index in [4.69, 9.17) is 11.6 Å². The number of benzene rings is 1. The van der Waals surface area contributed by atoms with Crippen LogP contribution >= 0.6 is 34.2 Å². The van der Waals surface area contributed by atoms with Gasteiger partial charge in [0.2, 0.25) is 20.8 Å². The lowest BCUT2D eigenvalue weighted by molar-refractivity contribution is 0.0970. The van der Waals surface area contributed by atoms with Crippen molar-refractivity contribution >= 4 is 60.7 Å². The SMILES string of the molecule is CS(=O)(=O)c1ncc(Cl)c(C(=O)[C@H](C#N)c2nc3ccc(I)cc3c(=O)[nH]2)n1. The van der Waals surface area contributed by atoms with E-state index >= 15 is 0 Å². The van der Waals surface area contributed by atoms with Gasteiger partial charge in [0, 0.05) is 9.83 Å². The van der Waals surface area contributed by atoms with Crippen LogP contribution in [0.15, 0.2) is 34.3 Å². The summed E-state index contributed by atoms with van der Waals surface area (Å²) in [5, 5.41) is 8.97. The first-order chi connectivity index (χ1) is 13.1. The van der Waals surface area contributed by atoms with E-state index in [0.717, 1.165) is 16.0 Å². The van der Waals surface area contributed by atoms with Gasteiger partial charge in [0.1, 0.15) is 11.5 Å². The van der Waals surface area contributed by atoms with Gasteiger partial charge in [0.05, 0.1) is 28.2 Å². The molecule has 3 rings (SSSR count). The maximum atomic E-state index is 12.8. The van der Waals surface area contributed by atoms with Crippen LogP contribution in [0.2, 0.25) is 5.02 Å². The van der Waals surface area contributed by atoms with Gasteiger partial charge in [-0.1, -0.05) is 11.6 Å². The number of ketones is 1. The topological polar surface area (TPSA) is 147 Å². The van der Waals surface area contributed by atoms with Gasteiger partial charge in [-0.3, -0.25) is 9.59 Å². The molecule has 0 bridgehead atoms. The molecule has 0 aliphatic heterocycles. The Labute approximate surface area is 176 Å². The van der Waals surface area contributed by atoms with Gasteiger partial charge < -0.3 is 4.98 Å². The fourth-order valence-electron chi connectivity index (χ4n) is 2.35. The van der Waals surface area contributed by atoms with Crippen molar-refractivity contribution in [3.05, 3.63) is 54.9 Å². The highest BCUT2D eigenvalue weighted by Gasteiger charge is 2.29. The molecule has 9 nitrogen and oxygen atoms in total. The molecule has 3 aromatic rings. The molecule has 0 saturated carbocycles. The van der Waals surface area contributed by atoms with E-state index in [-0.39, 0.29) is 10.8 Å². The van der Waals surface area contributed by atoms with E-state index in [9.17, 15) is 23.3 Å². The minimum atomic E-state index is -3.80. The number of Topliss-reactive ketones (excluding diaryl/α,β-unsaturated/α-hetero) is 1. The fourth-order valence-corrected chi connectivity index (χ4v) is 3.53. The number of nitrogens with zero attached hydrogens (tertiary/aromatic N) is 4.